The van der Waals surface area contributed by atoms with Gasteiger partial charge in [-0.05, 0) is 29.8 Å². The first-order chi connectivity index (χ1) is 11.0. The Bertz CT molecular complexity index is 843. The smallest absolute Gasteiger partial charge is 0.358 e. The van der Waals surface area contributed by atoms with E-state index in [1.807, 2.05) is 12.1 Å². The van der Waals surface area contributed by atoms with E-state index in [4.69, 9.17) is 23.2 Å². The standard InChI is InChI=1S/C16H11Cl2N3O2/c17-12-5-1-10(2-6-12)9-21-15(14(16(22)23)19-20-21)11-3-7-13(18)8-4-11/h1-8H,9H2,(H,22,23). The Morgan fingerprint density at radius 3 is 2.13 bits per heavy atom. The fourth-order valence-electron chi connectivity index (χ4n) is 2.22. The van der Waals surface area contributed by atoms with Gasteiger partial charge in [0, 0.05) is 15.6 Å². The lowest BCUT2D eigenvalue weighted by Gasteiger charge is -2.08. The van der Waals surface area contributed by atoms with Gasteiger partial charge in [-0.1, -0.05) is 52.7 Å². The van der Waals surface area contributed by atoms with Crippen molar-refractivity contribution >= 4 is 29.2 Å². The second-order valence-electron chi connectivity index (χ2n) is 4.88. The average Bonchev–Trinajstić information content (AvgIpc) is 2.94. The van der Waals surface area contributed by atoms with E-state index in [9.17, 15) is 9.90 Å². The van der Waals surface area contributed by atoms with Crippen LogP contribution in [0.1, 0.15) is 16.1 Å². The summed E-state index contributed by atoms with van der Waals surface area (Å²) in [6.07, 6.45) is 0. The second kappa shape index (κ2) is 6.40. The van der Waals surface area contributed by atoms with Crippen LogP contribution in [0.5, 0.6) is 0 Å². The molecule has 0 saturated heterocycles. The number of benzene rings is 2. The highest BCUT2D eigenvalue weighted by molar-refractivity contribution is 6.30. The lowest BCUT2D eigenvalue weighted by atomic mass is 10.1. The predicted molar refractivity (Wildman–Crippen MR) is 88.0 cm³/mol. The molecule has 0 aliphatic heterocycles. The zero-order valence-corrected chi connectivity index (χ0v) is 13.3. The maximum atomic E-state index is 11.4. The van der Waals surface area contributed by atoms with Crippen molar-refractivity contribution in [3.05, 3.63) is 69.8 Å². The van der Waals surface area contributed by atoms with Gasteiger partial charge in [0.15, 0.2) is 5.69 Å². The van der Waals surface area contributed by atoms with Crippen LogP contribution < -0.4 is 0 Å². The van der Waals surface area contributed by atoms with E-state index in [0.717, 1.165) is 5.56 Å². The summed E-state index contributed by atoms with van der Waals surface area (Å²) in [6.45, 7) is 0.384. The van der Waals surface area contributed by atoms with Crippen LogP contribution in [0.2, 0.25) is 10.0 Å². The number of hydrogen-bond donors (Lipinski definition) is 1. The number of hydrogen-bond acceptors (Lipinski definition) is 3. The molecule has 2 aromatic carbocycles. The number of halogens is 2. The Morgan fingerprint density at radius 1 is 1.00 bits per heavy atom. The van der Waals surface area contributed by atoms with Gasteiger partial charge in [-0.25, -0.2) is 9.48 Å². The van der Waals surface area contributed by atoms with Gasteiger partial charge in [0.25, 0.3) is 0 Å². The highest BCUT2D eigenvalue weighted by atomic mass is 35.5. The number of carboxylic acids is 1. The Balaban J connectivity index is 2.05. The Morgan fingerprint density at radius 2 is 1.57 bits per heavy atom. The summed E-state index contributed by atoms with van der Waals surface area (Å²) in [5.74, 6) is -1.13. The number of aromatic nitrogens is 3. The number of carbonyl (C=O) groups is 1. The van der Waals surface area contributed by atoms with Gasteiger partial charge >= 0.3 is 5.97 Å². The first-order valence-corrected chi connectivity index (χ1v) is 7.47. The summed E-state index contributed by atoms with van der Waals surface area (Å²) < 4.78 is 1.55. The van der Waals surface area contributed by atoms with Crippen molar-refractivity contribution in [3.63, 3.8) is 0 Å². The molecule has 0 aliphatic carbocycles. The monoisotopic (exact) mass is 347 g/mol. The Kier molecular flexibility index (Phi) is 4.32. The molecule has 0 aliphatic rings. The molecule has 3 aromatic rings. The van der Waals surface area contributed by atoms with Gasteiger partial charge in [-0.2, -0.15) is 0 Å². The predicted octanol–water partition coefficient (Wildman–Crippen LogP) is 4.00. The van der Waals surface area contributed by atoms with Gasteiger partial charge in [0.05, 0.1) is 6.54 Å². The molecular formula is C16H11Cl2N3O2. The van der Waals surface area contributed by atoms with Crippen molar-refractivity contribution in [1.82, 2.24) is 15.0 Å². The Hall–Kier alpha value is -2.37. The molecule has 23 heavy (non-hydrogen) atoms. The molecule has 0 amide bonds. The molecule has 0 spiro atoms. The number of carboxylic acid groups (broad SMARTS) is 1. The fraction of sp³-hybridized carbons (Fsp3) is 0.0625. The molecule has 0 atom stereocenters. The van der Waals surface area contributed by atoms with Crippen molar-refractivity contribution < 1.29 is 9.90 Å². The van der Waals surface area contributed by atoms with Gasteiger partial charge in [-0.15, -0.1) is 5.10 Å². The normalized spacial score (nSPS) is 10.7. The molecule has 0 bridgehead atoms. The molecule has 1 aromatic heterocycles. The first kappa shape index (κ1) is 15.5. The van der Waals surface area contributed by atoms with Crippen LogP contribution in [0, 0.1) is 0 Å². The largest absolute Gasteiger partial charge is 0.476 e. The SMILES string of the molecule is O=C(O)c1nnn(Cc2ccc(Cl)cc2)c1-c1ccc(Cl)cc1. The Labute approximate surface area is 142 Å². The lowest BCUT2D eigenvalue weighted by molar-refractivity contribution is 0.0691. The van der Waals surface area contributed by atoms with Crippen LogP contribution in [0.4, 0.5) is 0 Å². The molecule has 7 heteroatoms. The van der Waals surface area contributed by atoms with E-state index in [1.165, 1.54) is 0 Å². The van der Waals surface area contributed by atoms with E-state index >= 15 is 0 Å². The summed E-state index contributed by atoms with van der Waals surface area (Å²) >= 11 is 11.8. The fourth-order valence-corrected chi connectivity index (χ4v) is 2.48. The van der Waals surface area contributed by atoms with Gasteiger partial charge < -0.3 is 5.11 Å². The van der Waals surface area contributed by atoms with E-state index in [-0.39, 0.29) is 5.69 Å². The van der Waals surface area contributed by atoms with Gasteiger partial charge in [-0.3, -0.25) is 0 Å². The van der Waals surface area contributed by atoms with Crippen molar-refractivity contribution in [1.29, 1.82) is 0 Å². The summed E-state index contributed by atoms with van der Waals surface area (Å²) in [5.41, 5.74) is 1.96. The van der Waals surface area contributed by atoms with E-state index in [1.54, 1.807) is 41.1 Å². The molecule has 0 radical (unpaired) electrons. The molecule has 1 heterocycles. The maximum Gasteiger partial charge on any atom is 0.358 e. The number of nitrogens with zero attached hydrogens (tertiary/aromatic N) is 3. The van der Waals surface area contributed by atoms with Crippen LogP contribution in [0.3, 0.4) is 0 Å². The second-order valence-corrected chi connectivity index (χ2v) is 5.76. The van der Waals surface area contributed by atoms with E-state index in [0.29, 0.717) is 27.8 Å². The molecule has 5 nitrogen and oxygen atoms in total. The highest BCUT2D eigenvalue weighted by Gasteiger charge is 2.20. The number of aromatic carboxylic acids is 1. The van der Waals surface area contributed by atoms with Crippen LogP contribution >= 0.6 is 23.2 Å². The van der Waals surface area contributed by atoms with Crippen molar-refractivity contribution in [3.8, 4) is 11.3 Å². The summed E-state index contributed by atoms with van der Waals surface area (Å²) in [4.78, 5) is 11.4. The zero-order valence-electron chi connectivity index (χ0n) is 11.8. The van der Waals surface area contributed by atoms with Crippen LogP contribution in [-0.4, -0.2) is 26.1 Å². The van der Waals surface area contributed by atoms with Gasteiger partial charge in [0.1, 0.15) is 5.69 Å². The zero-order chi connectivity index (χ0) is 16.4. The molecule has 1 N–H and O–H groups in total. The molecule has 116 valence electrons. The minimum Gasteiger partial charge on any atom is -0.476 e. The van der Waals surface area contributed by atoms with Crippen molar-refractivity contribution in [2.24, 2.45) is 0 Å². The third-order valence-corrected chi connectivity index (χ3v) is 3.80. The minimum atomic E-state index is -1.13. The topological polar surface area (TPSA) is 68.0 Å². The molecule has 0 unspecified atom stereocenters. The first-order valence-electron chi connectivity index (χ1n) is 6.72. The van der Waals surface area contributed by atoms with Gasteiger partial charge in [0.2, 0.25) is 0 Å². The van der Waals surface area contributed by atoms with Crippen molar-refractivity contribution in [2.45, 2.75) is 6.54 Å². The third kappa shape index (κ3) is 3.36. The quantitative estimate of drug-likeness (QED) is 0.774. The molecule has 0 saturated carbocycles. The van der Waals surface area contributed by atoms with Crippen molar-refractivity contribution in [2.75, 3.05) is 0 Å². The lowest BCUT2D eigenvalue weighted by Crippen LogP contribution is -2.06. The third-order valence-electron chi connectivity index (χ3n) is 3.30. The van der Waals surface area contributed by atoms with E-state index < -0.39 is 5.97 Å². The minimum absolute atomic E-state index is 0.0960. The van der Waals surface area contributed by atoms with Crippen LogP contribution in [-0.2, 0) is 6.54 Å². The average molecular weight is 348 g/mol. The van der Waals surface area contributed by atoms with Crippen LogP contribution in [0.15, 0.2) is 48.5 Å². The molecule has 3 rings (SSSR count). The number of rotatable bonds is 4. The summed E-state index contributed by atoms with van der Waals surface area (Å²) in [5, 5.41) is 18.3. The summed E-state index contributed by atoms with van der Waals surface area (Å²) in [7, 11) is 0. The molecule has 0 fully saturated rings. The van der Waals surface area contributed by atoms with Crippen LogP contribution in [0.25, 0.3) is 11.3 Å². The molecular weight excluding hydrogens is 337 g/mol. The maximum absolute atomic E-state index is 11.4. The van der Waals surface area contributed by atoms with E-state index in [2.05, 4.69) is 10.3 Å². The highest BCUT2D eigenvalue weighted by Crippen LogP contribution is 2.25. The summed E-state index contributed by atoms with van der Waals surface area (Å²) in [6, 6.07) is 14.1.